The van der Waals surface area contributed by atoms with Crippen LogP contribution in [0.5, 0.6) is 5.75 Å². The molecule has 0 atom stereocenters. The minimum Gasteiger partial charge on any atom is -0.497 e. The van der Waals surface area contributed by atoms with Crippen molar-refractivity contribution >= 4 is 11.6 Å². The molecule has 7 heteroatoms. The van der Waals surface area contributed by atoms with Crippen LogP contribution in [0.25, 0.3) is 5.69 Å². The Balaban J connectivity index is 1.98. The van der Waals surface area contributed by atoms with Gasteiger partial charge in [-0.05, 0) is 46.6 Å². The van der Waals surface area contributed by atoms with Gasteiger partial charge in [0.15, 0.2) is 0 Å². The second-order valence-electron chi connectivity index (χ2n) is 5.78. The van der Waals surface area contributed by atoms with Crippen LogP contribution >= 0.6 is 0 Å². The maximum Gasteiger partial charge on any atom is 0.441 e. The molecule has 0 fully saturated rings. The van der Waals surface area contributed by atoms with Gasteiger partial charge >= 0.3 is 17.2 Å². The number of nitrogens with one attached hydrogen (secondary N) is 2. The van der Waals surface area contributed by atoms with Crippen LogP contribution in [0.4, 0.5) is 5.69 Å². The molecular formula is C19H20N3O4+. The molecule has 1 aromatic heterocycles. The zero-order valence-corrected chi connectivity index (χ0v) is 14.8. The number of aromatic amines is 1. The van der Waals surface area contributed by atoms with Gasteiger partial charge in [-0.2, -0.15) is 0 Å². The van der Waals surface area contributed by atoms with Crippen LogP contribution in [0.2, 0.25) is 0 Å². The van der Waals surface area contributed by atoms with Gasteiger partial charge in [0.25, 0.3) is 0 Å². The van der Waals surface area contributed by atoms with E-state index in [0.717, 1.165) is 17.5 Å². The molecule has 2 N–H and O–H groups in total. The molecular weight excluding hydrogens is 334 g/mol. The van der Waals surface area contributed by atoms with Crippen molar-refractivity contribution < 1.29 is 18.7 Å². The Kier molecular flexibility index (Phi) is 4.88. The lowest BCUT2D eigenvalue weighted by Crippen LogP contribution is -2.42. The van der Waals surface area contributed by atoms with Crippen LogP contribution in [0.15, 0.2) is 51.8 Å². The molecule has 0 spiro atoms. The summed E-state index contributed by atoms with van der Waals surface area (Å²) in [4.78, 5) is 24.9. The summed E-state index contributed by atoms with van der Waals surface area (Å²) < 4.78 is 11.3. The zero-order chi connectivity index (χ0) is 18.7. The molecule has 3 aromatic rings. The molecule has 0 aliphatic heterocycles. The average molecular weight is 354 g/mol. The largest absolute Gasteiger partial charge is 0.497 e. The monoisotopic (exact) mass is 354 g/mol. The number of carbonyl (C=O) groups is 1. The number of carbonyl (C=O) groups excluding carboxylic acids is 1. The van der Waals surface area contributed by atoms with Gasteiger partial charge in [0, 0.05) is 17.8 Å². The molecule has 26 heavy (non-hydrogen) atoms. The number of para-hydroxylation sites is 1. The molecule has 134 valence electrons. The van der Waals surface area contributed by atoms with E-state index >= 15 is 0 Å². The van der Waals surface area contributed by atoms with E-state index in [1.807, 2.05) is 32.0 Å². The van der Waals surface area contributed by atoms with E-state index in [-0.39, 0.29) is 5.69 Å². The maximum absolute atomic E-state index is 12.8. The summed E-state index contributed by atoms with van der Waals surface area (Å²) in [6.45, 7) is 3.92. The Morgan fingerprint density at radius 3 is 2.62 bits per heavy atom. The highest BCUT2D eigenvalue weighted by atomic mass is 16.5. The minimum atomic E-state index is -0.745. The first-order valence-electron chi connectivity index (χ1n) is 8.23. The summed E-state index contributed by atoms with van der Waals surface area (Å²) >= 11 is 0. The summed E-state index contributed by atoms with van der Waals surface area (Å²) in [6, 6.07) is 12.7. The summed E-state index contributed by atoms with van der Waals surface area (Å²) in [5, 5.41) is 5.31. The first-order valence-corrected chi connectivity index (χ1v) is 8.23. The highest BCUT2D eigenvalue weighted by molar-refractivity contribution is 6.02. The topological polar surface area (TPSA) is 88.2 Å². The van der Waals surface area contributed by atoms with E-state index in [1.165, 1.54) is 4.68 Å². The number of ether oxygens (including phenoxy) is 1. The summed E-state index contributed by atoms with van der Waals surface area (Å²) in [6.07, 6.45) is 0.761. The molecule has 7 nitrogen and oxygen atoms in total. The average Bonchev–Trinajstić information content (AvgIpc) is 3.05. The van der Waals surface area contributed by atoms with E-state index in [2.05, 4.69) is 10.6 Å². The number of nitrogens with zero attached hydrogens (tertiary/aromatic N) is 1. The van der Waals surface area contributed by atoms with Gasteiger partial charge in [-0.3, -0.25) is 9.32 Å². The number of methoxy groups -OCH3 is 1. The number of anilines is 1. The fraction of sp³-hybridized carbons (Fsp3) is 0.211. The predicted octanol–water partition coefficient (Wildman–Crippen LogP) is 2.38. The van der Waals surface area contributed by atoms with Crippen molar-refractivity contribution in [1.29, 1.82) is 0 Å². The smallest absolute Gasteiger partial charge is 0.441 e. The van der Waals surface area contributed by atoms with Gasteiger partial charge in [-0.1, -0.05) is 25.1 Å². The van der Waals surface area contributed by atoms with Crippen LogP contribution in [0.1, 0.15) is 28.5 Å². The number of rotatable bonds is 5. The quantitative estimate of drug-likeness (QED) is 0.689. The van der Waals surface area contributed by atoms with Crippen LogP contribution < -0.4 is 20.4 Å². The van der Waals surface area contributed by atoms with Crippen molar-refractivity contribution in [2.24, 2.45) is 0 Å². The van der Waals surface area contributed by atoms with E-state index in [4.69, 9.17) is 9.26 Å². The molecule has 0 saturated heterocycles. The lowest BCUT2D eigenvalue weighted by molar-refractivity contribution is -0.672. The number of benzene rings is 2. The van der Waals surface area contributed by atoms with Crippen molar-refractivity contribution in [3.05, 3.63) is 69.7 Å². The molecule has 1 amide bonds. The van der Waals surface area contributed by atoms with Crippen LogP contribution in [-0.4, -0.2) is 18.3 Å². The molecule has 0 bridgehead atoms. The van der Waals surface area contributed by atoms with Gasteiger partial charge in [0.2, 0.25) is 5.69 Å². The third-order valence-electron chi connectivity index (χ3n) is 4.17. The van der Waals surface area contributed by atoms with E-state index in [0.29, 0.717) is 17.1 Å². The fourth-order valence-electron chi connectivity index (χ4n) is 2.75. The second-order valence-corrected chi connectivity index (χ2v) is 5.78. The molecule has 3 rings (SSSR count). The molecule has 0 radical (unpaired) electrons. The predicted molar refractivity (Wildman–Crippen MR) is 95.9 cm³/mol. The molecule has 0 aliphatic rings. The fourth-order valence-corrected chi connectivity index (χ4v) is 2.75. The van der Waals surface area contributed by atoms with Crippen LogP contribution in [-0.2, 0) is 6.42 Å². The minimum absolute atomic E-state index is 0.138. The van der Waals surface area contributed by atoms with Crippen LogP contribution in [0.3, 0.4) is 0 Å². The molecule has 0 unspecified atom stereocenters. The van der Waals surface area contributed by atoms with Crippen molar-refractivity contribution in [3.8, 4) is 11.4 Å². The number of amides is 1. The first-order chi connectivity index (χ1) is 12.5. The summed E-state index contributed by atoms with van der Waals surface area (Å²) in [5.74, 6) is 0.124. The third kappa shape index (κ3) is 3.23. The van der Waals surface area contributed by atoms with Gasteiger partial charge in [-0.15, -0.1) is 0 Å². The second kappa shape index (κ2) is 7.26. The van der Waals surface area contributed by atoms with Crippen LogP contribution in [0, 0.1) is 6.92 Å². The Morgan fingerprint density at radius 1 is 1.23 bits per heavy atom. The molecule has 0 saturated carbocycles. The molecule has 0 aliphatic carbocycles. The number of hydrogen-bond donors (Lipinski definition) is 2. The van der Waals surface area contributed by atoms with Crippen molar-refractivity contribution in [1.82, 2.24) is 5.27 Å². The van der Waals surface area contributed by atoms with E-state index < -0.39 is 11.5 Å². The SMILES string of the molecule is CCc1cccc(C)c1NC(=O)c1c(=O)o[nH][n+]1-c1ccc(OC)cc1. The Labute approximate surface area is 150 Å². The third-order valence-corrected chi connectivity index (χ3v) is 4.17. The normalized spacial score (nSPS) is 10.6. The zero-order valence-electron chi connectivity index (χ0n) is 14.8. The molecule has 1 heterocycles. The molecule has 2 aromatic carbocycles. The van der Waals surface area contributed by atoms with Gasteiger partial charge in [0.05, 0.1) is 7.11 Å². The first kappa shape index (κ1) is 17.5. The summed E-state index contributed by atoms with van der Waals surface area (Å²) in [5.41, 5.74) is 2.32. The van der Waals surface area contributed by atoms with E-state index in [9.17, 15) is 9.59 Å². The van der Waals surface area contributed by atoms with Gasteiger partial charge < -0.3 is 10.1 Å². The standard InChI is InChI=1S/C19H19N3O4/c1-4-13-7-5-6-12(2)16(13)20-18(23)17-19(24)26-21-22(17)14-8-10-15(25-3)11-9-14/h5-11H,4H2,1-3H3,(H-,20,21,23,24)/p+1. The maximum atomic E-state index is 12.8. The highest BCUT2D eigenvalue weighted by Crippen LogP contribution is 2.21. The highest BCUT2D eigenvalue weighted by Gasteiger charge is 2.31. The lowest BCUT2D eigenvalue weighted by Gasteiger charge is -2.11. The number of aromatic nitrogens is 2. The van der Waals surface area contributed by atoms with Crippen molar-refractivity contribution in [3.63, 3.8) is 0 Å². The Morgan fingerprint density at radius 2 is 1.96 bits per heavy atom. The Bertz CT molecular complexity index is 987. The number of H-pyrrole nitrogens is 1. The summed E-state index contributed by atoms with van der Waals surface area (Å²) in [7, 11) is 1.56. The number of aryl methyl sites for hydroxylation is 2. The lowest BCUT2D eigenvalue weighted by atomic mass is 10.1. The Hall–Kier alpha value is -3.35. The number of hydrogen-bond acceptors (Lipinski definition) is 4. The van der Waals surface area contributed by atoms with Crippen molar-refractivity contribution in [2.45, 2.75) is 20.3 Å². The van der Waals surface area contributed by atoms with E-state index in [1.54, 1.807) is 31.4 Å². The van der Waals surface area contributed by atoms with Gasteiger partial charge in [-0.25, -0.2) is 4.79 Å². The van der Waals surface area contributed by atoms with Crippen molar-refractivity contribution in [2.75, 3.05) is 12.4 Å². The van der Waals surface area contributed by atoms with Gasteiger partial charge in [0.1, 0.15) is 5.75 Å².